The average molecular weight is 531 g/mol. The smallest absolute Gasteiger partial charge is 0.246 e. The number of halogens is 2. The predicted molar refractivity (Wildman–Crippen MR) is 134 cm³/mol. The van der Waals surface area contributed by atoms with Gasteiger partial charge >= 0.3 is 0 Å². The number of amides is 1. The Bertz CT molecular complexity index is 1390. The highest BCUT2D eigenvalue weighted by atomic mass is 35.5. The van der Waals surface area contributed by atoms with E-state index in [2.05, 4.69) is 5.32 Å². The molecule has 0 bridgehead atoms. The minimum absolute atomic E-state index is 0.0506. The monoisotopic (exact) mass is 530 g/mol. The molecule has 188 valence electrons. The molecule has 3 aromatic carbocycles. The zero-order valence-corrected chi connectivity index (χ0v) is 21.0. The van der Waals surface area contributed by atoms with Crippen molar-refractivity contribution < 1.29 is 27.1 Å². The first kappa shape index (κ1) is 25.8. The summed E-state index contributed by atoms with van der Waals surface area (Å²) < 4.78 is 46.3. The number of hydrogen-bond acceptors (Lipinski definition) is 5. The van der Waals surface area contributed by atoms with E-state index in [9.17, 15) is 22.4 Å². The quantitative estimate of drug-likeness (QED) is 0.445. The van der Waals surface area contributed by atoms with Gasteiger partial charge in [-0.3, -0.25) is 9.59 Å². The first-order valence-electron chi connectivity index (χ1n) is 11.2. The summed E-state index contributed by atoms with van der Waals surface area (Å²) in [7, 11) is -2.70. The number of sulfonamides is 1. The topological polar surface area (TPSA) is 92.8 Å². The minimum atomic E-state index is -4.01. The number of anilines is 1. The molecule has 0 spiro atoms. The third-order valence-corrected chi connectivity index (χ3v) is 8.24. The number of ketones is 1. The van der Waals surface area contributed by atoms with Crippen molar-refractivity contribution in [1.82, 2.24) is 4.31 Å². The van der Waals surface area contributed by atoms with E-state index < -0.39 is 21.8 Å². The van der Waals surface area contributed by atoms with E-state index in [0.29, 0.717) is 16.3 Å². The molecule has 4 rings (SSSR count). The molecular formula is C26H24ClFN2O5S. The molecule has 1 saturated heterocycles. The van der Waals surface area contributed by atoms with Crippen LogP contribution in [0.3, 0.4) is 0 Å². The number of piperidine rings is 1. The van der Waals surface area contributed by atoms with Crippen LogP contribution in [0, 0.1) is 11.7 Å². The summed E-state index contributed by atoms with van der Waals surface area (Å²) in [5.74, 6) is -1.71. The zero-order chi connectivity index (χ0) is 25.9. The number of methoxy groups -OCH3 is 1. The molecule has 1 heterocycles. The molecule has 1 amide bonds. The Hall–Kier alpha value is -3.27. The van der Waals surface area contributed by atoms with E-state index in [1.165, 1.54) is 23.5 Å². The maximum Gasteiger partial charge on any atom is 0.246 e. The number of nitrogens with one attached hydrogen (secondary N) is 1. The van der Waals surface area contributed by atoms with Crippen LogP contribution in [0.5, 0.6) is 5.75 Å². The van der Waals surface area contributed by atoms with Gasteiger partial charge in [0.15, 0.2) is 5.78 Å². The number of benzene rings is 3. The van der Waals surface area contributed by atoms with Crippen molar-refractivity contribution in [1.29, 1.82) is 0 Å². The largest absolute Gasteiger partial charge is 0.495 e. The number of carbonyl (C=O) groups excluding carboxylic acids is 2. The SMILES string of the molecule is COc1ccc(F)cc1S(=O)(=O)N1CCC(C(=O)Nc2ccc(Cl)cc2C(=O)c2ccccc2)CC1. The number of nitrogens with zero attached hydrogens (tertiary/aromatic N) is 1. The van der Waals surface area contributed by atoms with Crippen molar-refractivity contribution in [2.75, 3.05) is 25.5 Å². The lowest BCUT2D eigenvalue weighted by Crippen LogP contribution is -2.41. The molecule has 7 nitrogen and oxygen atoms in total. The van der Waals surface area contributed by atoms with Gasteiger partial charge in [-0.1, -0.05) is 41.9 Å². The fraction of sp³-hybridized carbons (Fsp3) is 0.231. The van der Waals surface area contributed by atoms with Gasteiger partial charge in [-0.25, -0.2) is 12.8 Å². The molecule has 10 heteroatoms. The van der Waals surface area contributed by atoms with E-state index in [1.54, 1.807) is 42.5 Å². The third kappa shape index (κ3) is 5.43. The van der Waals surface area contributed by atoms with Gasteiger partial charge in [0.25, 0.3) is 0 Å². The van der Waals surface area contributed by atoms with Crippen molar-refractivity contribution in [2.24, 2.45) is 5.92 Å². The van der Waals surface area contributed by atoms with Gasteiger partial charge in [-0.2, -0.15) is 4.31 Å². The predicted octanol–water partition coefficient (Wildman–Crippen LogP) is 4.76. The van der Waals surface area contributed by atoms with E-state index in [0.717, 1.165) is 12.1 Å². The molecule has 3 aromatic rings. The van der Waals surface area contributed by atoms with Crippen LogP contribution in [-0.4, -0.2) is 44.6 Å². The number of ether oxygens (including phenoxy) is 1. The van der Waals surface area contributed by atoms with Gasteiger partial charge in [-0.15, -0.1) is 0 Å². The van der Waals surface area contributed by atoms with E-state index in [-0.39, 0.29) is 53.8 Å². The lowest BCUT2D eigenvalue weighted by Gasteiger charge is -2.31. The number of hydrogen-bond donors (Lipinski definition) is 1. The molecule has 0 aromatic heterocycles. The zero-order valence-electron chi connectivity index (χ0n) is 19.4. The Morgan fingerprint density at radius 1 is 1.03 bits per heavy atom. The van der Waals surface area contributed by atoms with E-state index in [4.69, 9.17) is 16.3 Å². The maximum absolute atomic E-state index is 13.8. The molecule has 0 aliphatic carbocycles. The van der Waals surface area contributed by atoms with Crippen molar-refractivity contribution in [3.05, 3.63) is 88.7 Å². The first-order chi connectivity index (χ1) is 17.2. The van der Waals surface area contributed by atoms with Gasteiger partial charge in [0.05, 0.1) is 12.8 Å². The number of carbonyl (C=O) groups is 2. The van der Waals surface area contributed by atoms with Crippen LogP contribution in [0.25, 0.3) is 0 Å². The van der Waals surface area contributed by atoms with E-state index >= 15 is 0 Å². The summed E-state index contributed by atoms with van der Waals surface area (Å²) in [5, 5.41) is 3.17. The van der Waals surface area contributed by atoms with Gasteiger partial charge in [0.2, 0.25) is 15.9 Å². The fourth-order valence-electron chi connectivity index (χ4n) is 4.14. The van der Waals surface area contributed by atoms with Crippen molar-refractivity contribution in [2.45, 2.75) is 17.7 Å². The molecule has 1 fully saturated rings. The van der Waals surface area contributed by atoms with Crippen LogP contribution in [0.1, 0.15) is 28.8 Å². The Morgan fingerprint density at radius 3 is 2.39 bits per heavy atom. The molecule has 36 heavy (non-hydrogen) atoms. The van der Waals surface area contributed by atoms with Gasteiger partial charge in [0.1, 0.15) is 16.5 Å². The van der Waals surface area contributed by atoms with Crippen LogP contribution in [0.2, 0.25) is 5.02 Å². The van der Waals surface area contributed by atoms with Crippen LogP contribution in [-0.2, 0) is 14.8 Å². The lowest BCUT2D eigenvalue weighted by molar-refractivity contribution is -0.120. The minimum Gasteiger partial charge on any atom is -0.495 e. The summed E-state index contributed by atoms with van der Waals surface area (Å²) in [5.41, 5.74) is 1.06. The maximum atomic E-state index is 13.8. The molecule has 0 unspecified atom stereocenters. The summed E-state index contributed by atoms with van der Waals surface area (Å²) in [4.78, 5) is 25.8. The van der Waals surface area contributed by atoms with Crippen LogP contribution in [0.4, 0.5) is 10.1 Å². The second-order valence-corrected chi connectivity index (χ2v) is 10.7. The highest BCUT2D eigenvalue weighted by molar-refractivity contribution is 7.89. The van der Waals surface area contributed by atoms with Gasteiger partial charge in [-0.05, 0) is 49.2 Å². The summed E-state index contributed by atoms with van der Waals surface area (Å²) in [6.45, 7) is 0.160. The first-order valence-corrected chi connectivity index (χ1v) is 13.1. The van der Waals surface area contributed by atoms with Crippen LogP contribution in [0.15, 0.2) is 71.6 Å². The van der Waals surface area contributed by atoms with Gasteiger partial charge < -0.3 is 10.1 Å². The highest BCUT2D eigenvalue weighted by Crippen LogP contribution is 2.31. The van der Waals surface area contributed by atoms with Crippen molar-refractivity contribution >= 4 is 39.0 Å². The average Bonchev–Trinajstić information content (AvgIpc) is 2.89. The van der Waals surface area contributed by atoms with Crippen LogP contribution >= 0.6 is 11.6 Å². The highest BCUT2D eigenvalue weighted by Gasteiger charge is 2.34. The summed E-state index contributed by atoms with van der Waals surface area (Å²) in [6.07, 6.45) is 0.524. The summed E-state index contributed by atoms with van der Waals surface area (Å²) in [6, 6.07) is 16.6. The second-order valence-electron chi connectivity index (χ2n) is 8.35. The van der Waals surface area contributed by atoms with Crippen molar-refractivity contribution in [3.63, 3.8) is 0 Å². The Kier molecular flexibility index (Phi) is 7.73. The number of rotatable bonds is 7. The van der Waals surface area contributed by atoms with Crippen LogP contribution < -0.4 is 10.1 Å². The van der Waals surface area contributed by atoms with Gasteiger partial charge in [0, 0.05) is 35.2 Å². The third-order valence-electron chi connectivity index (χ3n) is 6.09. The normalized spacial score (nSPS) is 14.9. The molecular weight excluding hydrogens is 507 g/mol. The second kappa shape index (κ2) is 10.8. The van der Waals surface area contributed by atoms with Crippen molar-refractivity contribution in [3.8, 4) is 5.75 Å². The Balaban J connectivity index is 1.47. The summed E-state index contributed by atoms with van der Waals surface area (Å²) >= 11 is 6.11. The Labute approximate surface area is 213 Å². The molecule has 0 atom stereocenters. The molecule has 1 aliphatic heterocycles. The molecule has 0 saturated carbocycles. The standard InChI is InChI=1S/C26H24ClFN2O5S/c1-35-23-10-8-20(28)16-24(23)36(33,34)30-13-11-18(12-14-30)26(32)29-22-9-7-19(27)15-21(22)25(31)17-5-3-2-4-6-17/h2-10,15-16,18H,11-14H2,1H3,(H,29,32). The fourth-order valence-corrected chi connectivity index (χ4v) is 5.95. The molecule has 0 radical (unpaired) electrons. The molecule has 1 N–H and O–H groups in total. The molecule has 1 aliphatic rings. The Morgan fingerprint density at radius 2 is 1.72 bits per heavy atom. The lowest BCUT2D eigenvalue weighted by atomic mass is 9.96. The van der Waals surface area contributed by atoms with E-state index in [1.807, 2.05) is 0 Å².